The number of anilines is 1. The predicted molar refractivity (Wildman–Crippen MR) is 100 cm³/mol. The number of hydrogen-bond acceptors (Lipinski definition) is 2. The summed E-state index contributed by atoms with van der Waals surface area (Å²) in [5, 5.41) is 5.56. The zero-order valence-electron chi connectivity index (χ0n) is 15.3. The van der Waals surface area contributed by atoms with Crippen LogP contribution in [0.5, 0.6) is 0 Å². The van der Waals surface area contributed by atoms with Crippen LogP contribution < -0.4 is 10.6 Å². The third-order valence-electron chi connectivity index (χ3n) is 5.60. The lowest BCUT2D eigenvalue weighted by Crippen LogP contribution is -2.38. The fourth-order valence-electron chi connectivity index (χ4n) is 3.97. The van der Waals surface area contributed by atoms with Gasteiger partial charge in [-0.2, -0.15) is 0 Å². The number of nitrogens with one attached hydrogen (secondary N) is 2. The number of nitrogens with zero attached hydrogens (tertiary/aromatic N) is 1. The first-order valence-electron chi connectivity index (χ1n) is 9.29. The van der Waals surface area contributed by atoms with Gasteiger partial charge in [0.2, 0.25) is 5.91 Å². The molecule has 2 N–H and O–H groups in total. The minimum Gasteiger partial charge on any atom is -0.334 e. The SMILES string of the molecule is O=C(Nc1cccc(F)c1)[C@@H]1C[C@@]12CCN(C(=O)NCc1cccc(F)c1)C2. The number of hydrogen-bond donors (Lipinski definition) is 2. The van der Waals surface area contributed by atoms with E-state index in [0.29, 0.717) is 24.3 Å². The molecule has 1 saturated carbocycles. The van der Waals surface area contributed by atoms with Gasteiger partial charge in [-0.3, -0.25) is 4.79 Å². The van der Waals surface area contributed by atoms with Crippen LogP contribution in [0.15, 0.2) is 48.5 Å². The van der Waals surface area contributed by atoms with Gasteiger partial charge in [0.1, 0.15) is 11.6 Å². The van der Waals surface area contributed by atoms with E-state index in [1.165, 1.54) is 24.3 Å². The normalized spacial score (nSPS) is 22.9. The van der Waals surface area contributed by atoms with Crippen LogP contribution in [-0.4, -0.2) is 29.9 Å². The zero-order valence-corrected chi connectivity index (χ0v) is 15.3. The van der Waals surface area contributed by atoms with Crippen LogP contribution in [0.4, 0.5) is 19.3 Å². The monoisotopic (exact) mass is 385 g/mol. The minimum absolute atomic E-state index is 0.132. The predicted octanol–water partition coefficient (Wildman–Crippen LogP) is 3.53. The fourth-order valence-corrected chi connectivity index (χ4v) is 3.97. The Morgan fingerprint density at radius 1 is 1.11 bits per heavy atom. The Morgan fingerprint density at radius 3 is 2.61 bits per heavy atom. The number of rotatable bonds is 4. The summed E-state index contributed by atoms with van der Waals surface area (Å²) >= 11 is 0. The third kappa shape index (κ3) is 3.83. The van der Waals surface area contributed by atoms with E-state index in [1.807, 2.05) is 0 Å². The van der Waals surface area contributed by atoms with E-state index in [1.54, 1.807) is 29.2 Å². The van der Waals surface area contributed by atoms with Gasteiger partial charge in [0, 0.05) is 36.7 Å². The van der Waals surface area contributed by atoms with Gasteiger partial charge in [0.25, 0.3) is 0 Å². The molecular formula is C21H21F2N3O2. The Kier molecular flexibility index (Phi) is 4.75. The molecule has 3 amide bonds. The minimum atomic E-state index is -0.398. The smallest absolute Gasteiger partial charge is 0.317 e. The number of carbonyl (C=O) groups is 2. The Hall–Kier alpha value is -2.96. The summed E-state index contributed by atoms with van der Waals surface area (Å²) in [5.74, 6) is -1.04. The highest BCUT2D eigenvalue weighted by molar-refractivity contribution is 5.95. The number of urea groups is 1. The summed E-state index contributed by atoms with van der Waals surface area (Å²) in [7, 11) is 0. The Balaban J connectivity index is 1.29. The molecule has 0 aromatic heterocycles. The van der Waals surface area contributed by atoms with E-state index < -0.39 is 5.82 Å². The lowest BCUT2D eigenvalue weighted by atomic mass is 10.0. The lowest BCUT2D eigenvalue weighted by Gasteiger charge is -2.17. The van der Waals surface area contributed by atoms with E-state index in [-0.39, 0.29) is 35.6 Å². The average molecular weight is 385 g/mol. The van der Waals surface area contributed by atoms with Gasteiger partial charge >= 0.3 is 6.03 Å². The summed E-state index contributed by atoms with van der Waals surface area (Å²) in [4.78, 5) is 26.6. The summed E-state index contributed by atoms with van der Waals surface area (Å²) < 4.78 is 26.5. The summed E-state index contributed by atoms with van der Waals surface area (Å²) in [6, 6.07) is 11.7. The Labute approximate surface area is 161 Å². The van der Waals surface area contributed by atoms with Crippen molar-refractivity contribution in [2.75, 3.05) is 18.4 Å². The van der Waals surface area contributed by atoms with Crippen molar-refractivity contribution in [3.05, 3.63) is 65.7 Å². The lowest BCUT2D eigenvalue weighted by molar-refractivity contribution is -0.118. The molecule has 1 heterocycles. The topological polar surface area (TPSA) is 61.4 Å². The molecule has 4 rings (SSSR count). The Morgan fingerprint density at radius 2 is 1.86 bits per heavy atom. The number of amides is 3. The average Bonchev–Trinajstić information content (AvgIpc) is 3.20. The van der Waals surface area contributed by atoms with Crippen molar-refractivity contribution in [3.8, 4) is 0 Å². The van der Waals surface area contributed by atoms with Crippen molar-refractivity contribution in [3.63, 3.8) is 0 Å². The maximum atomic E-state index is 13.3. The molecule has 1 aliphatic carbocycles. The standard InChI is InChI=1S/C21H21F2N3O2/c22-15-4-1-3-14(9-15)12-24-20(28)26-8-7-21(13-26)11-18(21)19(27)25-17-6-2-5-16(23)10-17/h1-6,9-10,18H,7-8,11-13H2,(H,24,28)(H,25,27)/t18-,21+/m0/s1. The quantitative estimate of drug-likeness (QED) is 0.846. The van der Waals surface area contributed by atoms with E-state index >= 15 is 0 Å². The molecule has 0 radical (unpaired) electrons. The van der Waals surface area contributed by atoms with Gasteiger partial charge in [-0.15, -0.1) is 0 Å². The molecule has 2 aromatic rings. The van der Waals surface area contributed by atoms with Crippen molar-refractivity contribution < 1.29 is 18.4 Å². The molecule has 1 aliphatic heterocycles. The van der Waals surface area contributed by atoms with Crippen LogP contribution >= 0.6 is 0 Å². The van der Waals surface area contributed by atoms with Crippen LogP contribution in [0.1, 0.15) is 18.4 Å². The van der Waals surface area contributed by atoms with Gasteiger partial charge in [-0.25, -0.2) is 13.6 Å². The molecule has 7 heteroatoms. The number of halogens is 2. The first-order valence-corrected chi connectivity index (χ1v) is 9.29. The highest BCUT2D eigenvalue weighted by Gasteiger charge is 2.61. The van der Waals surface area contributed by atoms with Crippen molar-refractivity contribution in [2.24, 2.45) is 11.3 Å². The molecule has 146 valence electrons. The molecule has 28 heavy (non-hydrogen) atoms. The molecule has 2 atom stereocenters. The maximum Gasteiger partial charge on any atom is 0.317 e. The number of benzene rings is 2. The second-order valence-corrected chi connectivity index (χ2v) is 7.58. The number of likely N-dealkylation sites (tertiary alicyclic amines) is 1. The van der Waals surface area contributed by atoms with E-state index in [9.17, 15) is 18.4 Å². The summed E-state index contributed by atoms with van der Waals surface area (Å²) in [6.45, 7) is 1.35. The van der Waals surface area contributed by atoms with Crippen molar-refractivity contribution in [2.45, 2.75) is 19.4 Å². The van der Waals surface area contributed by atoms with Crippen molar-refractivity contribution in [1.82, 2.24) is 10.2 Å². The first kappa shape index (κ1) is 18.4. The van der Waals surface area contributed by atoms with Crippen molar-refractivity contribution in [1.29, 1.82) is 0 Å². The van der Waals surface area contributed by atoms with E-state index in [2.05, 4.69) is 10.6 Å². The van der Waals surface area contributed by atoms with E-state index in [0.717, 1.165) is 12.8 Å². The molecule has 0 bridgehead atoms. The zero-order chi connectivity index (χ0) is 19.7. The van der Waals surface area contributed by atoms with Crippen LogP contribution in [0.25, 0.3) is 0 Å². The van der Waals surface area contributed by atoms with Crippen LogP contribution in [0.3, 0.4) is 0 Å². The molecule has 1 spiro atoms. The van der Waals surface area contributed by atoms with Crippen LogP contribution in [0, 0.1) is 23.0 Å². The molecule has 2 fully saturated rings. The second kappa shape index (κ2) is 7.22. The molecule has 2 aliphatic rings. The molecule has 1 saturated heterocycles. The highest BCUT2D eigenvalue weighted by Crippen LogP contribution is 2.58. The first-order chi connectivity index (χ1) is 13.4. The summed E-state index contributed by atoms with van der Waals surface area (Å²) in [5.41, 5.74) is 0.948. The Bertz CT molecular complexity index is 920. The third-order valence-corrected chi connectivity index (χ3v) is 5.60. The maximum absolute atomic E-state index is 13.3. The van der Waals surface area contributed by atoms with Crippen LogP contribution in [-0.2, 0) is 11.3 Å². The van der Waals surface area contributed by atoms with Crippen LogP contribution in [0.2, 0.25) is 0 Å². The molecule has 5 nitrogen and oxygen atoms in total. The second-order valence-electron chi connectivity index (χ2n) is 7.58. The van der Waals surface area contributed by atoms with Crippen molar-refractivity contribution >= 4 is 17.6 Å². The largest absolute Gasteiger partial charge is 0.334 e. The van der Waals surface area contributed by atoms with Gasteiger partial charge in [-0.1, -0.05) is 18.2 Å². The van der Waals surface area contributed by atoms with Gasteiger partial charge in [0.15, 0.2) is 0 Å². The van der Waals surface area contributed by atoms with Gasteiger partial charge in [-0.05, 0) is 48.7 Å². The molecular weight excluding hydrogens is 364 g/mol. The molecule has 0 unspecified atom stereocenters. The van der Waals surface area contributed by atoms with Gasteiger partial charge < -0.3 is 15.5 Å². The summed E-state index contributed by atoms with van der Waals surface area (Å²) in [6.07, 6.45) is 1.49. The molecule has 2 aromatic carbocycles. The van der Waals surface area contributed by atoms with Gasteiger partial charge in [0.05, 0.1) is 0 Å². The van der Waals surface area contributed by atoms with E-state index in [4.69, 9.17) is 0 Å². The fraction of sp³-hybridized carbons (Fsp3) is 0.333. The number of carbonyl (C=O) groups excluding carboxylic acids is 2. The highest BCUT2D eigenvalue weighted by atomic mass is 19.1.